The van der Waals surface area contributed by atoms with E-state index in [-0.39, 0.29) is 0 Å². The normalized spacial score (nSPS) is 10.7. The summed E-state index contributed by atoms with van der Waals surface area (Å²) in [6, 6.07) is 39.4. The maximum atomic E-state index is 6.65. The molecule has 2 nitrogen and oxygen atoms in total. The highest BCUT2D eigenvalue weighted by atomic mass is 14.6. The predicted octanol–water partition coefficient (Wildman–Crippen LogP) is 8.16. The lowest BCUT2D eigenvalue weighted by Gasteiger charge is -2.20. The van der Waals surface area contributed by atoms with Crippen molar-refractivity contribution in [2.24, 2.45) is 0 Å². The van der Waals surface area contributed by atoms with E-state index in [1.165, 1.54) is 11.1 Å². The molecule has 0 fully saturated rings. The Morgan fingerprint density at radius 2 is 1.06 bits per heavy atom. The van der Waals surface area contributed by atoms with Crippen molar-refractivity contribution in [2.75, 3.05) is 11.5 Å². The Morgan fingerprint density at radius 1 is 0.471 bits per heavy atom. The van der Waals surface area contributed by atoms with Crippen molar-refractivity contribution in [3.05, 3.63) is 127 Å². The maximum absolute atomic E-state index is 6.65. The van der Waals surface area contributed by atoms with Gasteiger partial charge in [0.1, 0.15) is 0 Å². The fourth-order valence-corrected chi connectivity index (χ4v) is 4.47. The minimum absolute atomic E-state index is 0.732. The van der Waals surface area contributed by atoms with Crippen molar-refractivity contribution < 1.29 is 0 Å². The van der Waals surface area contributed by atoms with Crippen LogP contribution in [0.1, 0.15) is 5.56 Å². The molecule has 0 radical (unpaired) electrons. The lowest BCUT2D eigenvalue weighted by Crippen LogP contribution is -1.98. The minimum atomic E-state index is 0.732. The smallest absolute Gasteiger partial charge is 0.0400 e. The van der Waals surface area contributed by atoms with Crippen molar-refractivity contribution in [1.29, 1.82) is 0 Å². The van der Waals surface area contributed by atoms with Crippen LogP contribution < -0.4 is 11.5 Å². The summed E-state index contributed by atoms with van der Waals surface area (Å²) in [7, 11) is 0. The Bertz CT molecular complexity index is 1450. The molecule has 0 aliphatic heterocycles. The summed E-state index contributed by atoms with van der Waals surface area (Å²) in [4.78, 5) is 0. The van der Waals surface area contributed by atoms with Crippen molar-refractivity contribution in [1.82, 2.24) is 0 Å². The zero-order valence-electron chi connectivity index (χ0n) is 18.9. The number of nitrogen functional groups attached to an aromatic ring is 2. The van der Waals surface area contributed by atoms with E-state index >= 15 is 0 Å². The third-order valence-electron chi connectivity index (χ3n) is 6.19. The van der Waals surface area contributed by atoms with Crippen LogP contribution in [0.5, 0.6) is 0 Å². The molecule has 0 spiro atoms. The number of rotatable bonds is 5. The van der Waals surface area contributed by atoms with Crippen LogP contribution in [0, 0.1) is 0 Å². The molecule has 5 rings (SSSR count). The number of benzene rings is 5. The summed E-state index contributed by atoms with van der Waals surface area (Å²) < 4.78 is 0. The molecular formula is C32H26N2. The van der Waals surface area contributed by atoms with E-state index in [2.05, 4.69) is 85.4 Å². The minimum Gasteiger partial charge on any atom is -0.399 e. The first-order chi connectivity index (χ1) is 16.7. The molecule has 164 valence electrons. The van der Waals surface area contributed by atoms with Gasteiger partial charge in [0, 0.05) is 16.9 Å². The topological polar surface area (TPSA) is 52.0 Å². The zero-order valence-corrected chi connectivity index (χ0v) is 18.9. The van der Waals surface area contributed by atoms with E-state index in [9.17, 15) is 0 Å². The molecule has 0 saturated heterocycles. The second-order valence-corrected chi connectivity index (χ2v) is 8.31. The van der Waals surface area contributed by atoms with Crippen molar-refractivity contribution in [3.63, 3.8) is 0 Å². The summed E-state index contributed by atoms with van der Waals surface area (Å²) >= 11 is 0. The Hall–Kier alpha value is -4.56. The third kappa shape index (κ3) is 3.98. The second-order valence-electron chi connectivity index (χ2n) is 8.31. The molecule has 0 atom stereocenters. The van der Waals surface area contributed by atoms with Gasteiger partial charge >= 0.3 is 0 Å². The summed E-state index contributed by atoms with van der Waals surface area (Å²) in [5.41, 5.74) is 24.0. The van der Waals surface area contributed by atoms with Crippen LogP contribution in [0.25, 0.3) is 50.6 Å². The highest BCUT2D eigenvalue weighted by molar-refractivity contribution is 6.01. The standard InChI is InChI=1S/C32H26N2/c1-2-22-8-6-7-11-28(22)32-30(34)21-20-29(25-16-18-27(33)19-17-25)31(32)26-14-12-24(13-15-26)23-9-4-3-5-10-23/h2-21H,1,33-34H2. The molecular weight excluding hydrogens is 412 g/mol. The SMILES string of the molecule is C=Cc1ccccc1-c1c(N)ccc(-c2ccc(N)cc2)c1-c1ccc(-c2ccccc2)cc1. The first-order valence-corrected chi connectivity index (χ1v) is 11.3. The lowest BCUT2D eigenvalue weighted by molar-refractivity contribution is 1.54. The van der Waals surface area contributed by atoms with Gasteiger partial charge in [0.2, 0.25) is 0 Å². The molecule has 0 bridgehead atoms. The Morgan fingerprint density at radius 3 is 1.76 bits per heavy atom. The zero-order chi connectivity index (χ0) is 23.5. The highest BCUT2D eigenvalue weighted by Gasteiger charge is 2.18. The van der Waals surface area contributed by atoms with Gasteiger partial charge in [-0.25, -0.2) is 0 Å². The average molecular weight is 439 g/mol. The van der Waals surface area contributed by atoms with E-state index < -0.39 is 0 Å². The van der Waals surface area contributed by atoms with Gasteiger partial charge < -0.3 is 11.5 Å². The Labute approximate surface area is 200 Å². The number of anilines is 2. The van der Waals surface area contributed by atoms with Crippen LogP contribution in [0.15, 0.2) is 122 Å². The van der Waals surface area contributed by atoms with Crippen molar-refractivity contribution in [3.8, 4) is 44.5 Å². The van der Waals surface area contributed by atoms with Gasteiger partial charge in [-0.05, 0) is 62.7 Å². The number of nitrogens with two attached hydrogens (primary N) is 2. The van der Waals surface area contributed by atoms with E-state index in [0.29, 0.717) is 0 Å². The second kappa shape index (κ2) is 9.13. The Balaban J connectivity index is 1.77. The molecule has 34 heavy (non-hydrogen) atoms. The van der Waals surface area contributed by atoms with E-state index in [4.69, 9.17) is 11.5 Å². The molecule has 0 aliphatic rings. The van der Waals surface area contributed by atoms with Crippen LogP contribution >= 0.6 is 0 Å². The fraction of sp³-hybridized carbons (Fsp3) is 0. The molecule has 5 aromatic rings. The van der Waals surface area contributed by atoms with Crippen molar-refractivity contribution in [2.45, 2.75) is 0 Å². The number of hydrogen-bond donors (Lipinski definition) is 2. The summed E-state index contributed by atoms with van der Waals surface area (Å²) in [6.45, 7) is 4.03. The van der Waals surface area contributed by atoms with Gasteiger partial charge in [0.05, 0.1) is 0 Å². The van der Waals surface area contributed by atoms with Gasteiger partial charge in [-0.2, -0.15) is 0 Å². The van der Waals surface area contributed by atoms with E-state index in [1.807, 2.05) is 42.5 Å². The predicted molar refractivity (Wildman–Crippen MR) is 147 cm³/mol. The molecule has 0 heterocycles. The summed E-state index contributed by atoms with van der Waals surface area (Å²) in [5.74, 6) is 0. The van der Waals surface area contributed by atoms with Crippen LogP contribution in [-0.4, -0.2) is 0 Å². The van der Waals surface area contributed by atoms with Gasteiger partial charge in [-0.1, -0.05) is 110 Å². The highest BCUT2D eigenvalue weighted by Crippen LogP contribution is 2.45. The van der Waals surface area contributed by atoms with Crippen LogP contribution in [0.4, 0.5) is 11.4 Å². The maximum Gasteiger partial charge on any atom is 0.0400 e. The molecule has 0 unspecified atom stereocenters. The summed E-state index contributed by atoms with van der Waals surface area (Å²) in [6.07, 6.45) is 1.88. The summed E-state index contributed by atoms with van der Waals surface area (Å²) in [5, 5.41) is 0. The van der Waals surface area contributed by atoms with Crippen LogP contribution in [-0.2, 0) is 0 Å². The Kier molecular flexibility index (Phi) is 5.72. The largest absolute Gasteiger partial charge is 0.399 e. The van der Waals surface area contributed by atoms with Gasteiger partial charge in [-0.3, -0.25) is 0 Å². The van der Waals surface area contributed by atoms with Gasteiger partial charge in [0.25, 0.3) is 0 Å². The quantitative estimate of drug-likeness (QED) is 0.272. The fourth-order valence-electron chi connectivity index (χ4n) is 4.47. The molecule has 0 amide bonds. The van der Waals surface area contributed by atoms with Crippen LogP contribution in [0.3, 0.4) is 0 Å². The van der Waals surface area contributed by atoms with Gasteiger partial charge in [-0.15, -0.1) is 0 Å². The average Bonchev–Trinajstić information content (AvgIpc) is 2.90. The van der Waals surface area contributed by atoms with Crippen molar-refractivity contribution >= 4 is 17.5 Å². The monoisotopic (exact) mass is 438 g/mol. The van der Waals surface area contributed by atoms with Gasteiger partial charge in [0.15, 0.2) is 0 Å². The molecule has 0 saturated carbocycles. The van der Waals surface area contributed by atoms with Crippen LogP contribution in [0.2, 0.25) is 0 Å². The number of hydrogen-bond acceptors (Lipinski definition) is 2. The first kappa shape index (κ1) is 21.3. The molecule has 0 aromatic heterocycles. The molecule has 0 aliphatic carbocycles. The lowest BCUT2D eigenvalue weighted by atomic mass is 9.84. The van der Waals surface area contributed by atoms with E-state index in [1.54, 1.807) is 0 Å². The third-order valence-corrected chi connectivity index (χ3v) is 6.19. The van der Waals surface area contributed by atoms with E-state index in [0.717, 1.165) is 50.3 Å². The molecule has 4 N–H and O–H groups in total. The molecule has 5 aromatic carbocycles. The molecule has 2 heteroatoms. The first-order valence-electron chi connectivity index (χ1n) is 11.3.